The van der Waals surface area contributed by atoms with Crippen LogP contribution in [0.5, 0.6) is 5.75 Å². The van der Waals surface area contributed by atoms with Gasteiger partial charge in [0.25, 0.3) is 0 Å². The predicted molar refractivity (Wildman–Crippen MR) is 114 cm³/mol. The molecule has 0 amide bonds. The molecule has 1 heterocycles. The molecule has 160 valence electrons. The first-order valence-corrected chi connectivity index (χ1v) is 9.78. The summed E-state index contributed by atoms with van der Waals surface area (Å²) < 4.78 is 5.39. The highest BCUT2D eigenvalue weighted by molar-refractivity contribution is 6.27. The number of aromatic nitrogens is 1. The number of benzene rings is 1. The van der Waals surface area contributed by atoms with Crippen LogP contribution in [0.1, 0.15) is 33.1 Å². The van der Waals surface area contributed by atoms with Gasteiger partial charge in [0.1, 0.15) is 5.75 Å². The summed E-state index contributed by atoms with van der Waals surface area (Å²) in [5.74, 6) is -2.78. The Morgan fingerprint density at radius 3 is 2.38 bits per heavy atom. The van der Waals surface area contributed by atoms with Gasteiger partial charge in [-0.15, -0.1) is 0 Å². The Hall–Kier alpha value is -2.87. The zero-order chi connectivity index (χ0) is 21.6. The van der Waals surface area contributed by atoms with Crippen molar-refractivity contribution < 1.29 is 24.5 Å². The molecule has 0 unspecified atom stereocenters. The minimum absolute atomic E-state index is 0.870. The van der Waals surface area contributed by atoms with Crippen LogP contribution < -0.4 is 10.1 Å². The van der Waals surface area contributed by atoms with Gasteiger partial charge >= 0.3 is 11.9 Å². The van der Waals surface area contributed by atoms with E-state index in [1.54, 1.807) is 7.11 Å². The van der Waals surface area contributed by atoms with Crippen LogP contribution in [0.3, 0.4) is 0 Å². The van der Waals surface area contributed by atoms with E-state index in [4.69, 9.17) is 24.5 Å². The molecule has 0 saturated carbocycles. The Kier molecular flexibility index (Phi) is 11.1. The molecule has 3 N–H and O–H groups in total. The standard InChI is InChI=1S/C19H29N3O.C2H2O4/c1-4-22(5-2)13-8-6-7-11-20-18-15-17(23-3)14-16-10-9-12-21-19(16)18;3-1(4)2(5)6/h9-10,12,14-15,20H,4-8,11,13H2,1-3H3;(H,3,4)(H,5,6). The number of pyridine rings is 1. The monoisotopic (exact) mass is 405 g/mol. The van der Waals surface area contributed by atoms with Gasteiger partial charge in [-0.3, -0.25) is 4.98 Å². The Bertz CT molecular complexity index is 766. The van der Waals surface area contributed by atoms with Gasteiger partial charge in [0.2, 0.25) is 0 Å². The number of methoxy groups -OCH3 is 1. The minimum atomic E-state index is -1.82. The molecule has 0 atom stereocenters. The molecule has 0 aliphatic heterocycles. The number of carboxylic acids is 2. The van der Waals surface area contributed by atoms with Crippen molar-refractivity contribution >= 4 is 28.5 Å². The Labute approximate surface area is 171 Å². The van der Waals surface area contributed by atoms with E-state index in [0.717, 1.165) is 42.0 Å². The number of aliphatic carboxylic acids is 2. The molecule has 2 rings (SSSR count). The lowest BCUT2D eigenvalue weighted by molar-refractivity contribution is -0.159. The normalized spacial score (nSPS) is 10.3. The first kappa shape index (κ1) is 24.2. The molecule has 0 radical (unpaired) electrons. The maximum atomic E-state index is 9.10. The van der Waals surface area contributed by atoms with Crippen molar-refractivity contribution in [1.82, 2.24) is 9.88 Å². The van der Waals surface area contributed by atoms with Crippen LogP contribution >= 0.6 is 0 Å². The highest BCUT2D eigenvalue weighted by Crippen LogP contribution is 2.27. The lowest BCUT2D eigenvalue weighted by Gasteiger charge is -2.17. The van der Waals surface area contributed by atoms with Crippen LogP contribution in [-0.4, -0.2) is 65.3 Å². The van der Waals surface area contributed by atoms with E-state index in [0.29, 0.717) is 0 Å². The maximum Gasteiger partial charge on any atom is 0.414 e. The summed E-state index contributed by atoms with van der Waals surface area (Å²) in [5, 5.41) is 19.4. The molecule has 8 nitrogen and oxygen atoms in total. The number of carboxylic acid groups (broad SMARTS) is 2. The van der Waals surface area contributed by atoms with E-state index in [9.17, 15) is 0 Å². The summed E-state index contributed by atoms with van der Waals surface area (Å²) in [6.45, 7) is 8.93. The molecular formula is C21H31N3O5. The van der Waals surface area contributed by atoms with Crippen LogP contribution in [0.25, 0.3) is 10.9 Å². The number of rotatable bonds is 10. The Morgan fingerprint density at radius 2 is 1.79 bits per heavy atom. The highest BCUT2D eigenvalue weighted by atomic mass is 16.5. The van der Waals surface area contributed by atoms with Gasteiger partial charge in [-0.2, -0.15) is 0 Å². The molecule has 0 aliphatic rings. The van der Waals surface area contributed by atoms with Crippen molar-refractivity contribution in [3.8, 4) is 5.75 Å². The fourth-order valence-electron chi connectivity index (χ4n) is 2.82. The van der Waals surface area contributed by atoms with Crippen molar-refractivity contribution in [3.05, 3.63) is 30.5 Å². The molecule has 0 saturated heterocycles. The lowest BCUT2D eigenvalue weighted by Crippen LogP contribution is -2.23. The molecule has 0 aliphatic carbocycles. The summed E-state index contributed by atoms with van der Waals surface area (Å²) in [4.78, 5) is 25.2. The van der Waals surface area contributed by atoms with E-state index in [2.05, 4.69) is 35.1 Å². The van der Waals surface area contributed by atoms with Gasteiger partial charge in [0, 0.05) is 24.2 Å². The third-order valence-electron chi connectivity index (χ3n) is 4.46. The summed E-state index contributed by atoms with van der Waals surface area (Å²) in [6, 6.07) is 8.09. The van der Waals surface area contributed by atoms with Gasteiger partial charge in [-0.05, 0) is 44.6 Å². The van der Waals surface area contributed by atoms with E-state index in [1.807, 2.05) is 24.4 Å². The summed E-state index contributed by atoms with van der Waals surface area (Å²) in [7, 11) is 1.70. The second kappa shape index (κ2) is 13.3. The average Bonchev–Trinajstić information content (AvgIpc) is 2.73. The van der Waals surface area contributed by atoms with Crippen molar-refractivity contribution in [2.45, 2.75) is 33.1 Å². The predicted octanol–water partition coefficient (Wildman–Crippen LogP) is 3.32. The second-order valence-electron chi connectivity index (χ2n) is 6.37. The van der Waals surface area contributed by atoms with Gasteiger partial charge in [-0.1, -0.05) is 26.3 Å². The SMILES string of the molecule is CCN(CC)CCCCCNc1cc(OC)cc2cccnc12.O=C(O)C(=O)O. The molecule has 2 aromatic rings. The number of nitrogens with zero attached hydrogens (tertiary/aromatic N) is 2. The summed E-state index contributed by atoms with van der Waals surface area (Å²) in [5.41, 5.74) is 2.07. The molecule has 0 bridgehead atoms. The zero-order valence-electron chi connectivity index (χ0n) is 17.4. The summed E-state index contributed by atoms with van der Waals surface area (Å²) in [6.07, 6.45) is 5.52. The van der Waals surface area contributed by atoms with Crippen molar-refractivity contribution in [1.29, 1.82) is 0 Å². The third kappa shape index (κ3) is 8.78. The fraction of sp³-hybridized carbons (Fsp3) is 0.476. The number of unbranched alkanes of at least 4 members (excludes halogenated alkanes) is 2. The smallest absolute Gasteiger partial charge is 0.414 e. The van der Waals surface area contributed by atoms with E-state index in [1.165, 1.54) is 25.8 Å². The Balaban J connectivity index is 0.000000612. The number of hydrogen-bond donors (Lipinski definition) is 3. The largest absolute Gasteiger partial charge is 0.497 e. The van der Waals surface area contributed by atoms with E-state index in [-0.39, 0.29) is 0 Å². The van der Waals surface area contributed by atoms with E-state index >= 15 is 0 Å². The number of ether oxygens (including phenoxy) is 1. The van der Waals surface area contributed by atoms with Crippen LogP contribution in [0.2, 0.25) is 0 Å². The van der Waals surface area contributed by atoms with Gasteiger partial charge in [0.05, 0.1) is 18.3 Å². The second-order valence-corrected chi connectivity index (χ2v) is 6.37. The molecule has 0 spiro atoms. The molecule has 1 aromatic heterocycles. The lowest BCUT2D eigenvalue weighted by atomic mass is 10.1. The molecule has 29 heavy (non-hydrogen) atoms. The van der Waals surface area contributed by atoms with E-state index < -0.39 is 11.9 Å². The number of fused-ring (bicyclic) bond motifs is 1. The van der Waals surface area contributed by atoms with Gasteiger partial charge in [-0.25, -0.2) is 9.59 Å². The van der Waals surface area contributed by atoms with Gasteiger partial charge < -0.3 is 25.2 Å². The minimum Gasteiger partial charge on any atom is -0.497 e. The maximum absolute atomic E-state index is 9.10. The molecule has 8 heteroatoms. The number of anilines is 1. The first-order valence-electron chi connectivity index (χ1n) is 9.78. The average molecular weight is 405 g/mol. The zero-order valence-corrected chi connectivity index (χ0v) is 17.4. The summed E-state index contributed by atoms with van der Waals surface area (Å²) >= 11 is 0. The molecule has 1 aromatic carbocycles. The topological polar surface area (TPSA) is 112 Å². The van der Waals surface area contributed by atoms with Crippen LogP contribution in [0.15, 0.2) is 30.5 Å². The highest BCUT2D eigenvalue weighted by Gasteiger charge is 2.05. The van der Waals surface area contributed by atoms with Crippen LogP contribution in [-0.2, 0) is 9.59 Å². The van der Waals surface area contributed by atoms with Crippen molar-refractivity contribution in [2.75, 3.05) is 38.6 Å². The Morgan fingerprint density at radius 1 is 1.10 bits per heavy atom. The fourth-order valence-corrected chi connectivity index (χ4v) is 2.82. The quantitative estimate of drug-likeness (QED) is 0.408. The van der Waals surface area contributed by atoms with Gasteiger partial charge in [0.15, 0.2) is 0 Å². The van der Waals surface area contributed by atoms with Crippen LogP contribution in [0, 0.1) is 0 Å². The first-order chi connectivity index (χ1) is 13.9. The van der Waals surface area contributed by atoms with Crippen molar-refractivity contribution in [3.63, 3.8) is 0 Å². The third-order valence-corrected chi connectivity index (χ3v) is 4.46. The van der Waals surface area contributed by atoms with Crippen LogP contribution in [0.4, 0.5) is 5.69 Å². The number of nitrogens with one attached hydrogen (secondary N) is 1. The molecule has 0 fully saturated rings. The number of hydrogen-bond acceptors (Lipinski definition) is 6. The van der Waals surface area contributed by atoms with Crippen molar-refractivity contribution in [2.24, 2.45) is 0 Å². The number of carbonyl (C=O) groups is 2. The molecular weight excluding hydrogens is 374 g/mol.